The number of hydrogen-bond acceptors (Lipinski definition) is 2. The van der Waals surface area contributed by atoms with Gasteiger partial charge in [-0.2, -0.15) is 0 Å². The zero-order chi connectivity index (χ0) is 23.4. The number of aryl methyl sites for hydroxylation is 1. The molecule has 35 heavy (non-hydrogen) atoms. The Morgan fingerprint density at radius 2 is 1.26 bits per heavy atom. The highest BCUT2D eigenvalue weighted by molar-refractivity contribution is 6.21. The third-order valence-corrected chi connectivity index (χ3v) is 6.94. The summed E-state index contributed by atoms with van der Waals surface area (Å²) >= 11 is 0. The minimum Gasteiger partial charge on any atom is -0.454 e. The van der Waals surface area contributed by atoms with E-state index in [0.717, 1.165) is 33.5 Å². The fraction of sp³-hybridized carbons (Fsp3) is 0.0303. The molecule has 166 valence electrons. The third kappa shape index (κ3) is 3.18. The molecule has 7 aromatic rings. The van der Waals surface area contributed by atoms with Crippen molar-refractivity contribution in [1.29, 1.82) is 0 Å². The number of benzene rings is 6. The van der Waals surface area contributed by atoms with Crippen molar-refractivity contribution >= 4 is 54.9 Å². The second-order valence-corrected chi connectivity index (χ2v) is 9.13. The van der Waals surface area contributed by atoms with E-state index in [0.29, 0.717) is 0 Å². The predicted molar refractivity (Wildman–Crippen MR) is 149 cm³/mol. The minimum absolute atomic E-state index is 0.889. The Kier molecular flexibility index (Phi) is 4.40. The molecule has 1 N–H and O–H groups in total. The lowest BCUT2D eigenvalue weighted by molar-refractivity contribution is 0.667. The summed E-state index contributed by atoms with van der Waals surface area (Å²) in [5.74, 6) is 0. The molecule has 0 saturated heterocycles. The summed E-state index contributed by atoms with van der Waals surface area (Å²) in [6.07, 6.45) is 0. The highest BCUT2D eigenvalue weighted by Gasteiger charge is 2.15. The normalized spacial score (nSPS) is 11.6. The van der Waals surface area contributed by atoms with Gasteiger partial charge in [0, 0.05) is 16.5 Å². The fourth-order valence-electron chi connectivity index (χ4n) is 5.28. The van der Waals surface area contributed by atoms with Gasteiger partial charge in [0.15, 0.2) is 5.58 Å². The first-order valence-corrected chi connectivity index (χ1v) is 11.9. The molecule has 0 saturated carbocycles. The summed E-state index contributed by atoms with van der Waals surface area (Å²) < 4.78 is 6.47. The van der Waals surface area contributed by atoms with E-state index >= 15 is 0 Å². The first-order valence-electron chi connectivity index (χ1n) is 11.9. The molecule has 6 aromatic carbocycles. The Hall–Kier alpha value is -4.56. The average Bonchev–Trinajstić information content (AvgIpc) is 3.31. The van der Waals surface area contributed by atoms with Crippen LogP contribution in [0.25, 0.3) is 54.6 Å². The standard InChI is InChI=1S/C33H23NO/c1-21-20-24-9-3-5-12-28(24)31-29-14-7-15-30(33(29)35-32(21)31)34-25-18-16-23(17-19-25)27-13-6-10-22-8-2-4-11-26(22)27/h2-20,34H,1H3. The van der Waals surface area contributed by atoms with Crippen molar-refractivity contribution in [1.82, 2.24) is 0 Å². The quantitative estimate of drug-likeness (QED) is 0.290. The summed E-state index contributed by atoms with van der Waals surface area (Å²) in [6, 6.07) is 40.7. The van der Waals surface area contributed by atoms with Crippen LogP contribution in [0.1, 0.15) is 5.56 Å². The van der Waals surface area contributed by atoms with Crippen LogP contribution in [0, 0.1) is 6.92 Å². The van der Waals surface area contributed by atoms with Crippen molar-refractivity contribution in [3.05, 3.63) is 121 Å². The molecule has 0 radical (unpaired) electrons. The lowest BCUT2D eigenvalue weighted by Gasteiger charge is -2.10. The molecule has 2 heteroatoms. The number of fused-ring (bicyclic) bond motifs is 6. The van der Waals surface area contributed by atoms with Gasteiger partial charge >= 0.3 is 0 Å². The Morgan fingerprint density at radius 3 is 2.11 bits per heavy atom. The van der Waals surface area contributed by atoms with Crippen LogP contribution >= 0.6 is 0 Å². The van der Waals surface area contributed by atoms with Gasteiger partial charge in [-0.15, -0.1) is 0 Å². The Balaban J connectivity index is 1.31. The van der Waals surface area contributed by atoms with Crippen molar-refractivity contribution in [3.63, 3.8) is 0 Å². The largest absolute Gasteiger partial charge is 0.454 e. The van der Waals surface area contributed by atoms with Gasteiger partial charge in [-0.05, 0) is 69.4 Å². The smallest absolute Gasteiger partial charge is 0.158 e. The van der Waals surface area contributed by atoms with Crippen LogP contribution in [0.15, 0.2) is 120 Å². The molecule has 0 aliphatic carbocycles. The van der Waals surface area contributed by atoms with Gasteiger partial charge in [0.1, 0.15) is 5.58 Å². The van der Waals surface area contributed by atoms with Gasteiger partial charge in [0.25, 0.3) is 0 Å². The molecule has 0 bridgehead atoms. The average molecular weight is 450 g/mol. The van der Waals surface area contributed by atoms with Gasteiger partial charge in [-0.25, -0.2) is 0 Å². The molecular weight excluding hydrogens is 426 g/mol. The summed E-state index contributed by atoms with van der Waals surface area (Å²) in [5.41, 5.74) is 7.45. The van der Waals surface area contributed by atoms with Crippen LogP contribution in [-0.2, 0) is 0 Å². The van der Waals surface area contributed by atoms with Crippen LogP contribution in [0.2, 0.25) is 0 Å². The number of furan rings is 1. The lowest BCUT2D eigenvalue weighted by atomic mass is 9.98. The van der Waals surface area contributed by atoms with Crippen molar-refractivity contribution < 1.29 is 4.42 Å². The second-order valence-electron chi connectivity index (χ2n) is 9.13. The van der Waals surface area contributed by atoms with Crippen molar-refractivity contribution in [2.75, 3.05) is 5.32 Å². The van der Waals surface area contributed by atoms with Crippen molar-refractivity contribution in [2.45, 2.75) is 6.92 Å². The molecule has 2 nitrogen and oxygen atoms in total. The zero-order valence-corrected chi connectivity index (χ0v) is 19.4. The maximum atomic E-state index is 6.47. The van der Waals surface area contributed by atoms with E-state index in [-0.39, 0.29) is 0 Å². The molecule has 1 heterocycles. The Bertz CT molecular complexity index is 1870. The summed E-state index contributed by atoms with van der Waals surface area (Å²) in [6.45, 7) is 2.12. The maximum Gasteiger partial charge on any atom is 0.158 e. The van der Waals surface area contributed by atoms with Gasteiger partial charge < -0.3 is 9.73 Å². The molecule has 0 fully saturated rings. The van der Waals surface area contributed by atoms with Crippen molar-refractivity contribution in [3.8, 4) is 11.1 Å². The molecule has 0 aliphatic heterocycles. The van der Waals surface area contributed by atoms with E-state index in [4.69, 9.17) is 4.42 Å². The molecule has 1 aromatic heterocycles. The van der Waals surface area contributed by atoms with E-state index in [1.54, 1.807) is 0 Å². The second kappa shape index (κ2) is 7.75. The summed E-state index contributed by atoms with van der Waals surface area (Å²) in [7, 11) is 0. The Labute approximate surface area is 203 Å². The molecular formula is C33H23NO. The molecule has 0 spiro atoms. The summed E-state index contributed by atoms with van der Waals surface area (Å²) in [4.78, 5) is 0. The molecule has 0 unspecified atom stereocenters. The number of para-hydroxylation sites is 1. The van der Waals surface area contributed by atoms with E-state index in [1.807, 2.05) is 0 Å². The van der Waals surface area contributed by atoms with E-state index < -0.39 is 0 Å². The van der Waals surface area contributed by atoms with Crippen LogP contribution in [-0.4, -0.2) is 0 Å². The van der Waals surface area contributed by atoms with Gasteiger partial charge in [-0.3, -0.25) is 0 Å². The predicted octanol–water partition coefficient (Wildman–Crippen LogP) is 9.61. The van der Waals surface area contributed by atoms with Crippen LogP contribution < -0.4 is 5.32 Å². The zero-order valence-electron chi connectivity index (χ0n) is 19.4. The van der Waals surface area contributed by atoms with Crippen LogP contribution in [0.4, 0.5) is 11.4 Å². The maximum absolute atomic E-state index is 6.47. The molecule has 0 atom stereocenters. The van der Waals surface area contributed by atoms with Crippen molar-refractivity contribution in [2.24, 2.45) is 0 Å². The third-order valence-electron chi connectivity index (χ3n) is 6.94. The van der Waals surface area contributed by atoms with E-state index in [9.17, 15) is 0 Å². The first kappa shape index (κ1) is 19.9. The van der Waals surface area contributed by atoms with Gasteiger partial charge in [-0.1, -0.05) is 91.0 Å². The topological polar surface area (TPSA) is 25.2 Å². The molecule has 0 aliphatic rings. The minimum atomic E-state index is 0.889. The molecule has 0 amide bonds. The number of hydrogen-bond donors (Lipinski definition) is 1. The number of anilines is 2. The van der Waals surface area contributed by atoms with Gasteiger partial charge in [0.2, 0.25) is 0 Å². The number of nitrogens with one attached hydrogen (secondary N) is 1. The highest BCUT2D eigenvalue weighted by Crippen LogP contribution is 2.40. The monoisotopic (exact) mass is 449 g/mol. The van der Waals surface area contributed by atoms with E-state index in [1.165, 1.54) is 38.1 Å². The van der Waals surface area contributed by atoms with Crippen LogP contribution in [0.5, 0.6) is 0 Å². The van der Waals surface area contributed by atoms with E-state index in [2.05, 4.69) is 128 Å². The van der Waals surface area contributed by atoms with Crippen LogP contribution in [0.3, 0.4) is 0 Å². The lowest BCUT2D eigenvalue weighted by Crippen LogP contribution is -1.90. The Morgan fingerprint density at radius 1 is 0.571 bits per heavy atom. The highest BCUT2D eigenvalue weighted by atomic mass is 16.3. The van der Waals surface area contributed by atoms with Gasteiger partial charge in [0.05, 0.1) is 5.69 Å². The SMILES string of the molecule is Cc1cc2ccccc2c2c1oc1c(Nc3ccc(-c4cccc5ccccc45)cc3)cccc12. The molecule has 7 rings (SSSR count). The summed E-state index contributed by atoms with van der Waals surface area (Å²) in [5, 5.41) is 10.9. The first-order chi connectivity index (χ1) is 17.3. The number of rotatable bonds is 3. The fourth-order valence-corrected chi connectivity index (χ4v) is 5.28.